The normalized spacial score (nSPS) is 19.4. The third-order valence-corrected chi connectivity index (χ3v) is 16.1. The molecule has 0 bridgehead atoms. The summed E-state index contributed by atoms with van der Waals surface area (Å²) in [5, 5.41) is 8.11. The van der Waals surface area contributed by atoms with Gasteiger partial charge in [-0.1, -0.05) is 48.5 Å². The van der Waals surface area contributed by atoms with Crippen molar-refractivity contribution >= 4 is 17.7 Å². The Balaban J connectivity index is 1.61. The van der Waals surface area contributed by atoms with Gasteiger partial charge in [0.1, 0.15) is 12.3 Å². The van der Waals surface area contributed by atoms with Crippen molar-refractivity contribution in [1.29, 1.82) is 0 Å². The molecule has 8 atom stereocenters. The summed E-state index contributed by atoms with van der Waals surface area (Å²) in [6.45, 7) is 31.4. The number of carbonyl (C=O) groups excluding carboxylic acids is 3. The molecule has 23 heteroatoms. The van der Waals surface area contributed by atoms with Gasteiger partial charge in [-0.05, 0) is 86.0 Å². The molecule has 476 valence electrons. The van der Waals surface area contributed by atoms with Gasteiger partial charge in [-0.3, -0.25) is 14.4 Å². The fraction of sp³-hybridized carbons (Fsp3) is 0.914. The highest BCUT2D eigenvalue weighted by atomic mass is 19.1. The molecule has 0 spiro atoms. The lowest BCUT2D eigenvalue weighted by molar-refractivity contribution is -0.202. The molecule has 5 N–H and O–H groups in total. The molecule has 0 saturated carbocycles. The first-order valence-corrected chi connectivity index (χ1v) is 30.0. The van der Waals surface area contributed by atoms with Gasteiger partial charge in [0.15, 0.2) is 12.6 Å². The zero-order valence-corrected chi connectivity index (χ0v) is 52.0. The Morgan fingerprint density at radius 2 is 1.23 bits per heavy atom. The zero-order chi connectivity index (χ0) is 60.2. The lowest BCUT2D eigenvalue weighted by Gasteiger charge is -2.52. The molecule has 0 aromatic carbocycles. The Labute approximate surface area is 485 Å². The van der Waals surface area contributed by atoms with E-state index < -0.39 is 48.3 Å². The van der Waals surface area contributed by atoms with E-state index in [2.05, 4.69) is 78.3 Å². The second-order valence-corrected chi connectivity index (χ2v) is 21.1. The van der Waals surface area contributed by atoms with E-state index >= 15 is 0 Å². The summed E-state index contributed by atoms with van der Waals surface area (Å²) >= 11 is 0. The molecule has 2 rings (SSSR count). The second-order valence-electron chi connectivity index (χ2n) is 21.1. The summed E-state index contributed by atoms with van der Waals surface area (Å²) in [5.74, 6) is -2.18. The first-order chi connectivity index (χ1) is 38.8. The number of hydrogen-bond acceptors (Lipinski definition) is 19. The molecule has 8 unspecified atom stereocenters. The highest BCUT2D eigenvalue weighted by Crippen LogP contribution is 2.49. The fourth-order valence-corrected chi connectivity index (χ4v) is 9.92. The Hall–Kier alpha value is -2.72. The Bertz CT molecular complexity index is 1710. The first kappa shape index (κ1) is 74.4. The number of carbonyl (C=O) groups is 3. The van der Waals surface area contributed by atoms with Crippen LogP contribution in [-0.4, -0.2) is 215 Å². The highest BCUT2D eigenvalue weighted by molar-refractivity contribution is 5.91. The summed E-state index contributed by atoms with van der Waals surface area (Å²) in [5.41, 5.74) is 4.71. The molecule has 1 saturated heterocycles. The van der Waals surface area contributed by atoms with Gasteiger partial charge in [0.2, 0.25) is 17.6 Å². The van der Waals surface area contributed by atoms with Gasteiger partial charge in [0.05, 0.1) is 147 Å². The van der Waals surface area contributed by atoms with E-state index in [1.807, 2.05) is 13.8 Å². The number of nitrogens with zero attached hydrogens (tertiary/aromatic N) is 1. The Kier molecular flexibility index (Phi) is 38.0. The van der Waals surface area contributed by atoms with Crippen molar-refractivity contribution < 1.29 is 85.1 Å². The van der Waals surface area contributed by atoms with Crippen LogP contribution in [0.2, 0.25) is 0 Å². The van der Waals surface area contributed by atoms with E-state index in [1.54, 1.807) is 18.9 Å². The van der Waals surface area contributed by atoms with Crippen molar-refractivity contribution in [3.63, 3.8) is 0 Å². The van der Waals surface area contributed by atoms with E-state index in [0.717, 1.165) is 44.9 Å². The summed E-state index contributed by atoms with van der Waals surface area (Å²) in [6, 6.07) is -0.834. The van der Waals surface area contributed by atoms with Crippen LogP contribution in [0, 0.1) is 5.41 Å². The molecule has 0 aromatic heterocycles. The summed E-state index contributed by atoms with van der Waals surface area (Å²) in [4.78, 5) is 38.3. The minimum atomic E-state index is -0.869. The van der Waals surface area contributed by atoms with Crippen LogP contribution in [0.3, 0.4) is 0 Å². The van der Waals surface area contributed by atoms with Crippen LogP contribution in [-0.2, 0) is 80.7 Å². The smallest absolute Gasteiger partial charge is 0.282 e. The molecule has 0 aliphatic carbocycles. The number of nitrogens with one attached hydrogen (secondary N) is 3. The third-order valence-electron chi connectivity index (χ3n) is 16.1. The van der Waals surface area contributed by atoms with Crippen LogP contribution in [0.4, 0.5) is 4.39 Å². The van der Waals surface area contributed by atoms with Gasteiger partial charge >= 0.3 is 0 Å². The zero-order valence-electron chi connectivity index (χ0n) is 52.0. The number of methoxy groups -OCH3 is 1. The SMILES string of the molecule is CCC(C)(COCCOCCOC(C)OCCOCCNC(=O)C(N)CCC(=O)NCCOCCOC(CC)(CC)C(CC)(CC)C(C)OCCOCCOC(C)OC1CC(N2C=C(F)C(=O)NC2)OC1COC(C)(CC)CC)OC. The molecular weight excluding hydrogens is 1060 g/mol. The lowest BCUT2D eigenvalue weighted by atomic mass is 9.62. The van der Waals surface area contributed by atoms with Crippen molar-refractivity contribution in [2.24, 2.45) is 11.1 Å². The molecule has 1 fully saturated rings. The highest BCUT2D eigenvalue weighted by Gasteiger charge is 2.52. The average molecular weight is 1170 g/mol. The van der Waals surface area contributed by atoms with E-state index in [9.17, 15) is 18.8 Å². The van der Waals surface area contributed by atoms with Crippen LogP contribution in [0.25, 0.3) is 0 Å². The predicted molar refractivity (Wildman–Crippen MR) is 305 cm³/mol. The minimum Gasteiger partial charge on any atom is -0.377 e. The monoisotopic (exact) mass is 1170 g/mol. The van der Waals surface area contributed by atoms with Gasteiger partial charge in [-0.2, -0.15) is 4.39 Å². The Morgan fingerprint density at radius 1 is 0.704 bits per heavy atom. The number of nitrogens with two attached hydrogens (primary N) is 1. The van der Waals surface area contributed by atoms with Crippen LogP contribution in [0.5, 0.6) is 0 Å². The standard InChI is InChI=1S/C58H110FN5O17/c1-14-55(11,15-2)79-41-50-49(39-52(81-50)64-40-47(59)53(66)63-43-64)80-46(10)77-37-32-72-29-34-74-44(8)57(17-4,18-5)58(19-6,20-7)78-38-33-70-25-23-61-51(65)22-21-48(60)54(67)62-24-26-69-30-35-75-45(9)76-36-31-71-27-28-73-42-56(12,16-3)68-13/h40,44-46,48-50,52H,14-39,41-43,60H2,1-13H3,(H,61,65)(H,62,67)(H,63,66). The fourth-order valence-electron chi connectivity index (χ4n) is 9.92. The molecule has 3 amide bonds. The van der Waals surface area contributed by atoms with Crippen molar-refractivity contribution in [1.82, 2.24) is 20.9 Å². The molecular formula is C58H110FN5O17. The molecule has 22 nitrogen and oxygen atoms in total. The largest absolute Gasteiger partial charge is 0.377 e. The summed E-state index contributed by atoms with van der Waals surface area (Å²) in [7, 11) is 1.68. The number of hydrogen-bond donors (Lipinski definition) is 4. The average Bonchev–Trinajstić information content (AvgIpc) is 3.89. The van der Waals surface area contributed by atoms with Crippen molar-refractivity contribution in [2.75, 3.05) is 133 Å². The van der Waals surface area contributed by atoms with E-state index in [-0.39, 0.29) is 73.3 Å². The maximum absolute atomic E-state index is 14.2. The number of amides is 3. The number of halogens is 1. The molecule has 0 aromatic rings. The second kappa shape index (κ2) is 41.4. The van der Waals surface area contributed by atoms with Gasteiger partial charge < -0.3 is 92.9 Å². The van der Waals surface area contributed by atoms with Gasteiger partial charge in [-0.15, -0.1) is 0 Å². The maximum atomic E-state index is 14.2. The molecule has 0 radical (unpaired) electrons. The first-order valence-electron chi connectivity index (χ1n) is 30.0. The quantitative estimate of drug-likeness (QED) is 0.0400. The molecule has 81 heavy (non-hydrogen) atoms. The Morgan fingerprint density at radius 3 is 1.79 bits per heavy atom. The van der Waals surface area contributed by atoms with E-state index in [4.69, 9.17) is 72.0 Å². The van der Waals surface area contributed by atoms with Crippen molar-refractivity contribution in [3.05, 3.63) is 12.0 Å². The van der Waals surface area contributed by atoms with Crippen LogP contribution < -0.4 is 21.7 Å². The van der Waals surface area contributed by atoms with Crippen molar-refractivity contribution in [3.8, 4) is 0 Å². The third kappa shape index (κ3) is 27.0. The number of rotatable bonds is 51. The van der Waals surface area contributed by atoms with Gasteiger partial charge in [0.25, 0.3) is 5.91 Å². The summed E-state index contributed by atoms with van der Waals surface area (Å²) < 4.78 is 97.5. The van der Waals surface area contributed by atoms with Crippen LogP contribution in [0.1, 0.15) is 147 Å². The predicted octanol–water partition coefficient (Wildman–Crippen LogP) is 6.05. The molecule has 2 aliphatic rings. The van der Waals surface area contributed by atoms with E-state index in [0.29, 0.717) is 112 Å². The molecule has 2 aliphatic heterocycles. The lowest BCUT2D eigenvalue weighted by Crippen LogP contribution is -2.56. The topological polar surface area (TPSA) is 246 Å². The van der Waals surface area contributed by atoms with E-state index in [1.165, 1.54) is 6.20 Å². The van der Waals surface area contributed by atoms with Gasteiger partial charge in [-0.25, -0.2) is 0 Å². The van der Waals surface area contributed by atoms with Crippen LogP contribution >= 0.6 is 0 Å². The molecule has 2 heterocycles. The van der Waals surface area contributed by atoms with Crippen molar-refractivity contribution in [2.45, 2.75) is 207 Å². The van der Waals surface area contributed by atoms with Crippen LogP contribution in [0.15, 0.2) is 12.0 Å². The number of ether oxygens (including phenoxy) is 14. The summed E-state index contributed by atoms with van der Waals surface area (Å²) in [6.07, 6.45) is 5.26. The minimum absolute atomic E-state index is 0.100. The van der Waals surface area contributed by atoms with Gasteiger partial charge in [0, 0.05) is 44.7 Å². The maximum Gasteiger partial charge on any atom is 0.282 e.